The molecule has 1 aliphatic heterocycles. The van der Waals surface area contributed by atoms with Gasteiger partial charge in [0.2, 0.25) is 5.91 Å². The maximum absolute atomic E-state index is 12.4. The molecule has 142 valence electrons. The van der Waals surface area contributed by atoms with Crippen LogP contribution in [0.25, 0.3) is 0 Å². The molecule has 1 aromatic carbocycles. The van der Waals surface area contributed by atoms with Crippen molar-refractivity contribution in [3.05, 3.63) is 29.8 Å². The molecule has 1 saturated heterocycles. The highest BCUT2D eigenvalue weighted by molar-refractivity contribution is 5.85. The lowest BCUT2D eigenvalue weighted by Crippen LogP contribution is -2.47. The number of rotatable bonds is 8. The topological polar surface area (TPSA) is 59.6 Å². The second kappa shape index (κ2) is 10.5. The predicted octanol–water partition coefficient (Wildman–Crippen LogP) is 2.38. The van der Waals surface area contributed by atoms with Gasteiger partial charge in [0, 0.05) is 24.6 Å². The molecule has 1 fully saturated rings. The maximum Gasteiger partial charge on any atom is 0.387 e. The molecule has 0 aromatic heterocycles. The summed E-state index contributed by atoms with van der Waals surface area (Å²) in [7, 11) is 1.66. The smallest absolute Gasteiger partial charge is 0.387 e. The number of methoxy groups -OCH3 is 1. The second-order valence-corrected chi connectivity index (χ2v) is 6.12. The van der Waals surface area contributed by atoms with E-state index in [-0.39, 0.29) is 35.9 Å². The molecule has 1 amide bonds. The lowest BCUT2D eigenvalue weighted by Gasteiger charge is -2.37. The van der Waals surface area contributed by atoms with Crippen LogP contribution < -0.4 is 15.4 Å². The number of piperidine rings is 1. The third-order valence-corrected chi connectivity index (χ3v) is 4.31. The summed E-state index contributed by atoms with van der Waals surface area (Å²) in [6.45, 7) is -0.0256. The average Bonchev–Trinajstić information content (AvgIpc) is 2.56. The number of benzene rings is 1. The Bertz CT molecular complexity index is 535. The number of para-hydroxylation sites is 1. The molecule has 0 saturated carbocycles. The summed E-state index contributed by atoms with van der Waals surface area (Å²) in [4.78, 5) is 12.2. The molecule has 0 unspecified atom stereocenters. The van der Waals surface area contributed by atoms with Gasteiger partial charge in [-0.3, -0.25) is 4.79 Å². The minimum absolute atomic E-state index is 0. The van der Waals surface area contributed by atoms with Crippen LogP contribution in [0.3, 0.4) is 0 Å². The fourth-order valence-electron chi connectivity index (χ4n) is 3.02. The van der Waals surface area contributed by atoms with E-state index in [2.05, 4.69) is 15.4 Å². The van der Waals surface area contributed by atoms with E-state index in [1.807, 2.05) is 0 Å². The molecule has 2 N–H and O–H groups in total. The van der Waals surface area contributed by atoms with Crippen molar-refractivity contribution in [3.63, 3.8) is 0 Å². The molecule has 0 aliphatic carbocycles. The van der Waals surface area contributed by atoms with Crippen LogP contribution in [0.4, 0.5) is 8.78 Å². The van der Waals surface area contributed by atoms with Gasteiger partial charge in [-0.2, -0.15) is 8.78 Å². The summed E-state index contributed by atoms with van der Waals surface area (Å²) in [5, 5.41) is 6.21. The Morgan fingerprint density at radius 3 is 2.64 bits per heavy atom. The maximum atomic E-state index is 12.4. The first-order valence-electron chi connectivity index (χ1n) is 8.04. The zero-order valence-electron chi connectivity index (χ0n) is 14.2. The molecule has 0 atom stereocenters. The normalized spacial score (nSPS) is 16.2. The summed E-state index contributed by atoms with van der Waals surface area (Å²) < 4.78 is 34.6. The van der Waals surface area contributed by atoms with Crippen LogP contribution in [0.1, 0.15) is 18.4 Å². The van der Waals surface area contributed by atoms with E-state index < -0.39 is 6.61 Å². The summed E-state index contributed by atoms with van der Waals surface area (Å²) in [6.07, 6.45) is 1.85. The van der Waals surface area contributed by atoms with Crippen LogP contribution in [0.15, 0.2) is 24.3 Å². The fraction of sp³-hybridized carbons (Fsp3) is 0.588. The largest absolute Gasteiger partial charge is 0.435 e. The van der Waals surface area contributed by atoms with Crippen molar-refractivity contribution in [2.75, 3.05) is 33.4 Å². The molecule has 1 heterocycles. The Balaban J connectivity index is 0.00000312. The van der Waals surface area contributed by atoms with Crippen molar-refractivity contribution in [2.45, 2.75) is 25.9 Å². The van der Waals surface area contributed by atoms with Gasteiger partial charge in [0.05, 0.1) is 13.0 Å². The Morgan fingerprint density at radius 1 is 1.32 bits per heavy atom. The van der Waals surface area contributed by atoms with Gasteiger partial charge in [0.1, 0.15) is 5.75 Å². The first-order chi connectivity index (χ1) is 11.5. The Labute approximate surface area is 152 Å². The van der Waals surface area contributed by atoms with Gasteiger partial charge in [-0.05, 0) is 32.0 Å². The zero-order chi connectivity index (χ0) is 17.4. The van der Waals surface area contributed by atoms with E-state index in [1.165, 1.54) is 6.07 Å². The zero-order valence-corrected chi connectivity index (χ0v) is 15.0. The number of halogens is 3. The van der Waals surface area contributed by atoms with Crippen molar-refractivity contribution < 1.29 is 23.0 Å². The molecule has 0 radical (unpaired) electrons. The predicted molar refractivity (Wildman–Crippen MR) is 93.4 cm³/mol. The van der Waals surface area contributed by atoms with Crippen LogP contribution in [0.5, 0.6) is 5.75 Å². The number of amides is 1. The summed E-state index contributed by atoms with van der Waals surface area (Å²) in [5.41, 5.74) is 0.371. The average molecular weight is 379 g/mol. The van der Waals surface area contributed by atoms with Crippen LogP contribution in [-0.2, 0) is 16.0 Å². The molecular weight excluding hydrogens is 354 g/mol. The minimum atomic E-state index is -2.91. The van der Waals surface area contributed by atoms with Crippen molar-refractivity contribution in [1.29, 1.82) is 0 Å². The van der Waals surface area contributed by atoms with Gasteiger partial charge in [0.15, 0.2) is 0 Å². The number of carbonyl (C=O) groups is 1. The summed E-state index contributed by atoms with van der Waals surface area (Å²) in [6, 6.07) is 6.35. The van der Waals surface area contributed by atoms with Gasteiger partial charge in [0.25, 0.3) is 0 Å². The number of carbonyl (C=O) groups excluding carboxylic acids is 1. The van der Waals surface area contributed by atoms with Gasteiger partial charge in [-0.1, -0.05) is 18.2 Å². The van der Waals surface area contributed by atoms with Gasteiger partial charge in [-0.25, -0.2) is 0 Å². The molecule has 1 aliphatic rings. The minimum Gasteiger partial charge on any atom is -0.435 e. The van der Waals surface area contributed by atoms with Crippen molar-refractivity contribution in [3.8, 4) is 5.75 Å². The fourth-order valence-corrected chi connectivity index (χ4v) is 3.02. The molecule has 0 bridgehead atoms. The number of alkyl halides is 2. The number of hydrogen-bond acceptors (Lipinski definition) is 4. The molecule has 5 nitrogen and oxygen atoms in total. The van der Waals surface area contributed by atoms with Crippen molar-refractivity contribution in [1.82, 2.24) is 10.6 Å². The highest BCUT2D eigenvalue weighted by Gasteiger charge is 2.32. The Morgan fingerprint density at radius 2 is 2.00 bits per heavy atom. The van der Waals surface area contributed by atoms with E-state index in [9.17, 15) is 13.6 Å². The molecule has 8 heteroatoms. The SMILES string of the molecule is COCC1(CNC(=O)Cc2ccccc2OC(F)F)CCNCC1.Cl. The summed E-state index contributed by atoms with van der Waals surface area (Å²) in [5.74, 6) is -0.176. The Kier molecular flexibility index (Phi) is 9.10. The third kappa shape index (κ3) is 6.76. The van der Waals surface area contributed by atoms with E-state index in [0.717, 1.165) is 25.9 Å². The van der Waals surface area contributed by atoms with Crippen LogP contribution in [0, 0.1) is 5.41 Å². The standard InChI is InChI=1S/C17H24F2N2O3.ClH/c1-23-12-17(6-8-20-9-7-17)11-21-15(22)10-13-4-2-3-5-14(13)24-16(18)19;/h2-5,16,20H,6-12H2,1H3,(H,21,22);1H. The van der Waals surface area contributed by atoms with Crippen molar-refractivity contribution >= 4 is 18.3 Å². The highest BCUT2D eigenvalue weighted by atomic mass is 35.5. The molecule has 25 heavy (non-hydrogen) atoms. The second-order valence-electron chi connectivity index (χ2n) is 6.12. The lowest BCUT2D eigenvalue weighted by atomic mass is 9.79. The third-order valence-electron chi connectivity index (χ3n) is 4.31. The van der Waals surface area contributed by atoms with E-state index in [1.54, 1.807) is 25.3 Å². The molecule has 2 rings (SSSR count). The Hall–Kier alpha value is -1.44. The first kappa shape index (κ1) is 21.6. The molecule has 1 aromatic rings. The van der Waals surface area contributed by atoms with Gasteiger partial charge >= 0.3 is 6.61 Å². The van der Waals surface area contributed by atoms with E-state index in [4.69, 9.17) is 4.74 Å². The van der Waals surface area contributed by atoms with Crippen LogP contribution in [-0.4, -0.2) is 45.9 Å². The highest BCUT2D eigenvalue weighted by Crippen LogP contribution is 2.28. The van der Waals surface area contributed by atoms with Crippen LogP contribution in [0.2, 0.25) is 0 Å². The number of hydrogen-bond donors (Lipinski definition) is 2. The van der Waals surface area contributed by atoms with E-state index >= 15 is 0 Å². The van der Waals surface area contributed by atoms with Crippen molar-refractivity contribution in [2.24, 2.45) is 5.41 Å². The monoisotopic (exact) mass is 378 g/mol. The molecular formula is C17H25ClF2N2O3. The first-order valence-corrected chi connectivity index (χ1v) is 8.04. The van der Waals surface area contributed by atoms with E-state index in [0.29, 0.717) is 18.7 Å². The quantitative estimate of drug-likeness (QED) is 0.729. The lowest BCUT2D eigenvalue weighted by molar-refractivity contribution is -0.121. The van der Waals surface area contributed by atoms with Crippen LogP contribution >= 0.6 is 12.4 Å². The van der Waals surface area contributed by atoms with Gasteiger partial charge < -0.3 is 20.1 Å². The number of nitrogens with one attached hydrogen (secondary N) is 2. The summed E-state index contributed by atoms with van der Waals surface area (Å²) >= 11 is 0. The number of ether oxygens (including phenoxy) is 2. The van der Waals surface area contributed by atoms with Gasteiger partial charge in [-0.15, -0.1) is 12.4 Å². The molecule has 0 spiro atoms.